The van der Waals surface area contributed by atoms with E-state index in [9.17, 15) is 24.6 Å². The van der Waals surface area contributed by atoms with Gasteiger partial charge in [-0.2, -0.15) is 0 Å². The zero-order chi connectivity index (χ0) is 19.7. The molecule has 12 heteroatoms. The fourth-order valence-corrected chi connectivity index (χ4v) is 2.12. The summed E-state index contributed by atoms with van der Waals surface area (Å²) in [4.78, 5) is 37.2. The lowest BCUT2D eigenvalue weighted by atomic mass is 10.3. The first-order chi connectivity index (χ1) is 12.4. The third-order valence-corrected chi connectivity index (χ3v) is 3.48. The molecule has 0 saturated heterocycles. The van der Waals surface area contributed by atoms with Crippen molar-refractivity contribution in [2.75, 3.05) is 40.1 Å². The van der Waals surface area contributed by atoms with Crippen molar-refractivity contribution in [2.45, 2.75) is 31.8 Å². The summed E-state index contributed by atoms with van der Waals surface area (Å²) in [6.07, 6.45) is -2.78. The van der Waals surface area contributed by atoms with Gasteiger partial charge in [0.05, 0.1) is 64.9 Å². The van der Waals surface area contributed by atoms with Gasteiger partial charge in [0, 0.05) is 7.11 Å². The number of rotatable bonds is 12. The molecule has 2 unspecified atom stereocenters. The average molecular weight is 379 g/mol. The molecule has 4 N–H and O–H groups in total. The molecular weight excluding hydrogens is 354 g/mol. The normalized spacial score (nSPS) is 13.7. The Hall–Kier alpha value is -1.83. The highest BCUT2D eigenvalue weighted by Gasteiger charge is 2.19. The van der Waals surface area contributed by atoms with Crippen molar-refractivity contribution in [3.63, 3.8) is 0 Å². The lowest BCUT2D eigenvalue weighted by Crippen LogP contribution is -2.56. The molecule has 1 heterocycles. The Morgan fingerprint density at radius 2 is 1.27 bits per heavy atom. The van der Waals surface area contributed by atoms with Gasteiger partial charge in [0.25, 0.3) is 0 Å². The molecule has 150 valence electrons. The van der Waals surface area contributed by atoms with E-state index in [0.29, 0.717) is 15.7 Å². The summed E-state index contributed by atoms with van der Waals surface area (Å²) in [6, 6.07) is 0. The number of aliphatic hydroxyl groups excluding tert-OH is 4. The molecule has 0 spiro atoms. The van der Waals surface area contributed by atoms with Gasteiger partial charge in [-0.25, -0.2) is 28.1 Å². The van der Waals surface area contributed by atoms with Crippen LogP contribution in [0.4, 0.5) is 0 Å². The fourth-order valence-electron chi connectivity index (χ4n) is 2.12. The van der Waals surface area contributed by atoms with Gasteiger partial charge in [0.15, 0.2) is 0 Å². The molecular formula is C14H25N3O9. The Bertz CT molecular complexity index is 674. The second-order valence-electron chi connectivity index (χ2n) is 5.50. The van der Waals surface area contributed by atoms with Crippen LogP contribution >= 0.6 is 0 Å². The maximum atomic E-state index is 12.4. The third kappa shape index (κ3) is 5.86. The summed E-state index contributed by atoms with van der Waals surface area (Å²) >= 11 is 0. The lowest BCUT2D eigenvalue weighted by molar-refractivity contribution is 0.0615. The Balaban J connectivity index is 3.26. The van der Waals surface area contributed by atoms with Crippen LogP contribution in [0.5, 0.6) is 0 Å². The quantitative estimate of drug-likeness (QED) is 0.262. The molecule has 1 rings (SSSR count). The van der Waals surface area contributed by atoms with Crippen LogP contribution in [0.25, 0.3) is 0 Å². The summed E-state index contributed by atoms with van der Waals surface area (Å²) < 4.78 is 11.9. The van der Waals surface area contributed by atoms with E-state index in [1.807, 2.05) is 0 Å². The molecule has 0 amide bonds. The molecule has 0 radical (unpaired) electrons. The lowest BCUT2D eigenvalue weighted by Gasteiger charge is -2.16. The van der Waals surface area contributed by atoms with Crippen LogP contribution in [0.1, 0.15) is 0 Å². The van der Waals surface area contributed by atoms with E-state index in [0.717, 1.165) is 4.57 Å². The maximum Gasteiger partial charge on any atom is 0.336 e. The Kier molecular flexibility index (Phi) is 9.40. The highest BCUT2D eigenvalue weighted by atomic mass is 16.5. The van der Waals surface area contributed by atoms with Crippen LogP contribution in [0.2, 0.25) is 0 Å². The zero-order valence-electron chi connectivity index (χ0n) is 14.5. The SMILES string of the molecule is COCCOCCn1c(=O)n(CC(O)CO)c(=O)n(CC(O)CO)c1=O. The van der Waals surface area contributed by atoms with Gasteiger partial charge in [-0.15, -0.1) is 0 Å². The van der Waals surface area contributed by atoms with Crippen LogP contribution < -0.4 is 17.1 Å². The Morgan fingerprint density at radius 3 is 1.69 bits per heavy atom. The van der Waals surface area contributed by atoms with Crippen molar-refractivity contribution in [3.05, 3.63) is 31.5 Å². The number of hydrogen-bond acceptors (Lipinski definition) is 9. The smallest absolute Gasteiger partial charge is 0.336 e. The predicted octanol–water partition coefficient (Wildman–Crippen LogP) is -4.46. The summed E-state index contributed by atoms with van der Waals surface area (Å²) in [7, 11) is 1.49. The van der Waals surface area contributed by atoms with Crippen molar-refractivity contribution >= 4 is 0 Å². The number of hydrogen-bond donors (Lipinski definition) is 4. The van der Waals surface area contributed by atoms with Crippen molar-refractivity contribution in [3.8, 4) is 0 Å². The highest BCUT2D eigenvalue weighted by Crippen LogP contribution is 1.88. The average Bonchev–Trinajstić information content (AvgIpc) is 2.64. The molecule has 1 aromatic heterocycles. The van der Waals surface area contributed by atoms with Gasteiger partial charge in [-0.1, -0.05) is 0 Å². The molecule has 2 atom stereocenters. The second kappa shape index (κ2) is 11.0. The van der Waals surface area contributed by atoms with Gasteiger partial charge >= 0.3 is 17.1 Å². The van der Waals surface area contributed by atoms with Crippen LogP contribution in [-0.2, 0) is 29.1 Å². The summed E-state index contributed by atoms with van der Waals surface area (Å²) in [5.74, 6) is 0. The van der Waals surface area contributed by atoms with Crippen molar-refractivity contribution in [2.24, 2.45) is 0 Å². The molecule has 0 fully saturated rings. The van der Waals surface area contributed by atoms with E-state index < -0.39 is 55.6 Å². The number of aliphatic hydroxyl groups is 4. The van der Waals surface area contributed by atoms with Gasteiger partial charge < -0.3 is 29.9 Å². The zero-order valence-corrected chi connectivity index (χ0v) is 14.5. The maximum absolute atomic E-state index is 12.4. The summed E-state index contributed by atoms with van der Waals surface area (Å²) in [5.41, 5.74) is -3.01. The van der Waals surface area contributed by atoms with E-state index in [-0.39, 0.29) is 19.8 Å². The van der Waals surface area contributed by atoms with E-state index in [1.54, 1.807) is 0 Å². The molecule has 0 aliphatic heterocycles. The van der Waals surface area contributed by atoms with Gasteiger partial charge in [-0.3, -0.25) is 0 Å². The summed E-state index contributed by atoms with van der Waals surface area (Å²) in [6.45, 7) is -2.07. The molecule has 0 aliphatic rings. The monoisotopic (exact) mass is 379 g/mol. The number of methoxy groups -OCH3 is 1. The summed E-state index contributed by atoms with van der Waals surface area (Å²) in [5, 5.41) is 36.9. The third-order valence-electron chi connectivity index (χ3n) is 3.48. The molecule has 0 aromatic carbocycles. The van der Waals surface area contributed by atoms with Crippen LogP contribution in [0.3, 0.4) is 0 Å². The molecule has 12 nitrogen and oxygen atoms in total. The predicted molar refractivity (Wildman–Crippen MR) is 88.1 cm³/mol. The largest absolute Gasteiger partial charge is 0.394 e. The molecule has 26 heavy (non-hydrogen) atoms. The molecule has 0 saturated carbocycles. The van der Waals surface area contributed by atoms with E-state index in [2.05, 4.69) is 0 Å². The minimum absolute atomic E-state index is 0.0121. The number of ether oxygens (including phenoxy) is 2. The first kappa shape index (κ1) is 22.2. The van der Waals surface area contributed by atoms with E-state index in [1.165, 1.54) is 7.11 Å². The van der Waals surface area contributed by atoms with Crippen LogP contribution in [0, 0.1) is 0 Å². The minimum atomic E-state index is -1.39. The number of nitrogens with zero attached hydrogens (tertiary/aromatic N) is 3. The fraction of sp³-hybridized carbons (Fsp3) is 0.786. The topological polar surface area (TPSA) is 165 Å². The molecule has 0 aliphatic carbocycles. The van der Waals surface area contributed by atoms with Gasteiger partial charge in [-0.05, 0) is 0 Å². The Labute approximate surface area is 148 Å². The molecule has 0 bridgehead atoms. The van der Waals surface area contributed by atoms with E-state index in [4.69, 9.17) is 19.7 Å². The highest BCUT2D eigenvalue weighted by molar-refractivity contribution is 4.81. The van der Waals surface area contributed by atoms with Crippen molar-refractivity contribution in [1.82, 2.24) is 13.7 Å². The first-order valence-electron chi connectivity index (χ1n) is 7.96. The standard InChI is InChI=1S/C14H25N3O9/c1-25-4-5-26-3-2-15-12(22)16(6-10(20)8-18)14(24)17(13(15)23)7-11(21)9-19/h10-11,18-21H,2-9H2,1H3. The molecule has 1 aromatic rings. The van der Waals surface area contributed by atoms with Crippen LogP contribution in [-0.4, -0.2) is 86.5 Å². The first-order valence-corrected chi connectivity index (χ1v) is 7.96. The van der Waals surface area contributed by atoms with Crippen molar-refractivity contribution < 1.29 is 29.9 Å². The second-order valence-corrected chi connectivity index (χ2v) is 5.50. The minimum Gasteiger partial charge on any atom is -0.394 e. The Morgan fingerprint density at radius 1 is 0.808 bits per heavy atom. The van der Waals surface area contributed by atoms with E-state index >= 15 is 0 Å². The van der Waals surface area contributed by atoms with Gasteiger partial charge in [0.1, 0.15) is 0 Å². The van der Waals surface area contributed by atoms with Gasteiger partial charge in [0.2, 0.25) is 0 Å². The number of aromatic nitrogens is 3. The van der Waals surface area contributed by atoms with Crippen molar-refractivity contribution in [1.29, 1.82) is 0 Å². The van der Waals surface area contributed by atoms with Crippen LogP contribution in [0.15, 0.2) is 14.4 Å².